The number of carbonyl (C=O) groups is 1. The molecule has 5 heteroatoms. The first-order valence-corrected chi connectivity index (χ1v) is 8.08. The van der Waals surface area contributed by atoms with Crippen LogP contribution in [0.15, 0.2) is 41.2 Å². The minimum Gasteiger partial charge on any atom is -0.392 e. The number of aliphatic hydroxyl groups excluding tert-OH is 2. The minimum atomic E-state index is -0.275. The number of pyridine rings is 1. The third-order valence-corrected chi connectivity index (χ3v) is 4.96. The Kier molecular flexibility index (Phi) is 3.56. The average Bonchev–Trinajstić information content (AvgIpc) is 2.64. The van der Waals surface area contributed by atoms with E-state index >= 15 is 0 Å². The third kappa shape index (κ3) is 2.17. The third-order valence-electron chi connectivity index (χ3n) is 4.96. The van der Waals surface area contributed by atoms with Gasteiger partial charge in [-0.05, 0) is 28.8 Å². The Morgan fingerprint density at radius 1 is 1.00 bits per heavy atom. The Morgan fingerprint density at radius 2 is 1.64 bits per heavy atom. The second-order valence-electron chi connectivity index (χ2n) is 6.33. The fourth-order valence-corrected chi connectivity index (χ4v) is 3.71. The quantitative estimate of drug-likeness (QED) is 0.750. The lowest BCUT2D eigenvalue weighted by atomic mass is 9.84. The summed E-state index contributed by atoms with van der Waals surface area (Å²) in [7, 11) is 1.66. The van der Waals surface area contributed by atoms with Gasteiger partial charge in [0.15, 0.2) is 5.78 Å². The standard InChI is InChI=1S/C20H17NO4/c1-21-19-14-5-3-2-4-11(14)8-17(24)18(19)15-6-12(9-22)13(10-23)7-16(15)20(21)25/h2-7,22-23H,8-10H2,1H3. The van der Waals surface area contributed by atoms with Crippen LogP contribution in [0.5, 0.6) is 0 Å². The molecule has 5 nitrogen and oxygen atoms in total. The van der Waals surface area contributed by atoms with Gasteiger partial charge in [-0.15, -0.1) is 0 Å². The fourth-order valence-electron chi connectivity index (χ4n) is 3.71. The molecule has 3 aromatic rings. The molecule has 0 bridgehead atoms. The second-order valence-corrected chi connectivity index (χ2v) is 6.33. The zero-order valence-corrected chi connectivity index (χ0v) is 13.7. The topological polar surface area (TPSA) is 79.5 Å². The lowest BCUT2D eigenvalue weighted by Crippen LogP contribution is -2.26. The lowest BCUT2D eigenvalue weighted by Gasteiger charge is -2.23. The Hall–Kier alpha value is -2.76. The SMILES string of the molecule is Cn1c2c(c3cc(CO)c(CO)cc3c1=O)C(=O)Cc1ccccc1-2. The predicted molar refractivity (Wildman–Crippen MR) is 94.5 cm³/mol. The first kappa shape index (κ1) is 15.7. The van der Waals surface area contributed by atoms with Crippen LogP contribution in [-0.4, -0.2) is 20.6 Å². The number of aliphatic hydroxyl groups is 2. The van der Waals surface area contributed by atoms with Gasteiger partial charge in [0, 0.05) is 29.8 Å². The van der Waals surface area contributed by atoms with E-state index in [-0.39, 0.29) is 31.0 Å². The van der Waals surface area contributed by atoms with Crippen molar-refractivity contribution in [2.75, 3.05) is 0 Å². The van der Waals surface area contributed by atoms with Crippen LogP contribution in [-0.2, 0) is 26.7 Å². The van der Waals surface area contributed by atoms with E-state index in [0.29, 0.717) is 33.2 Å². The van der Waals surface area contributed by atoms with Gasteiger partial charge in [0.25, 0.3) is 5.56 Å². The Morgan fingerprint density at radius 3 is 2.32 bits per heavy atom. The monoisotopic (exact) mass is 335 g/mol. The van der Waals surface area contributed by atoms with Gasteiger partial charge in [0.2, 0.25) is 0 Å². The summed E-state index contributed by atoms with van der Waals surface area (Å²) in [6.45, 7) is -0.538. The van der Waals surface area contributed by atoms with Gasteiger partial charge in [-0.25, -0.2) is 0 Å². The molecular formula is C20H17NO4. The van der Waals surface area contributed by atoms with Crippen LogP contribution in [0.2, 0.25) is 0 Å². The highest BCUT2D eigenvalue weighted by atomic mass is 16.3. The van der Waals surface area contributed by atoms with Crippen LogP contribution in [0, 0.1) is 0 Å². The number of rotatable bonds is 2. The summed E-state index contributed by atoms with van der Waals surface area (Å²) < 4.78 is 1.51. The van der Waals surface area contributed by atoms with Crippen LogP contribution >= 0.6 is 0 Å². The van der Waals surface area contributed by atoms with E-state index in [4.69, 9.17) is 0 Å². The van der Waals surface area contributed by atoms with Crippen LogP contribution in [0.3, 0.4) is 0 Å². The maximum atomic E-state index is 12.9. The first-order valence-electron chi connectivity index (χ1n) is 8.08. The Bertz CT molecular complexity index is 1100. The van der Waals surface area contributed by atoms with Gasteiger partial charge in [0.05, 0.1) is 24.5 Å². The number of aromatic nitrogens is 1. The number of fused-ring (bicyclic) bond motifs is 5. The molecule has 0 saturated heterocycles. The summed E-state index contributed by atoms with van der Waals surface area (Å²) in [4.78, 5) is 25.7. The van der Waals surface area contributed by atoms with Crippen molar-refractivity contribution >= 4 is 16.6 Å². The van der Waals surface area contributed by atoms with Crippen LogP contribution < -0.4 is 5.56 Å². The molecule has 1 heterocycles. The molecule has 4 rings (SSSR count). The normalized spacial score (nSPS) is 13.0. The fraction of sp³-hybridized carbons (Fsp3) is 0.200. The molecule has 2 aromatic carbocycles. The highest BCUT2D eigenvalue weighted by molar-refractivity contribution is 6.15. The smallest absolute Gasteiger partial charge is 0.258 e. The van der Waals surface area contributed by atoms with E-state index in [2.05, 4.69) is 0 Å². The highest BCUT2D eigenvalue weighted by Crippen LogP contribution is 2.36. The molecule has 0 aliphatic heterocycles. The summed E-state index contributed by atoms with van der Waals surface area (Å²) in [5.41, 5.74) is 3.71. The maximum absolute atomic E-state index is 12.9. The van der Waals surface area contributed by atoms with E-state index in [9.17, 15) is 19.8 Å². The zero-order valence-electron chi connectivity index (χ0n) is 13.7. The largest absolute Gasteiger partial charge is 0.392 e. The number of hydrogen-bond donors (Lipinski definition) is 2. The van der Waals surface area contributed by atoms with E-state index in [1.165, 1.54) is 4.57 Å². The molecular weight excluding hydrogens is 318 g/mol. The summed E-state index contributed by atoms with van der Waals surface area (Å²) in [5.74, 6) is -0.0464. The van der Waals surface area contributed by atoms with E-state index in [1.807, 2.05) is 24.3 Å². The lowest BCUT2D eigenvalue weighted by molar-refractivity contribution is 0.0992. The molecule has 0 fully saturated rings. The molecule has 0 spiro atoms. The Balaban J connectivity index is 2.21. The summed E-state index contributed by atoms with van der Waals surface area (Å²) >= 11 is 0. The number of carbonyl (C=O) groups excluding carboxylic acids is 1. The molecule has 25 heavy (non-hydrogen) atoms. The van der Waals surface area contributed by atoms with Crippen molar-refractivity contribution in [2.24, 2.45) is 7.05 Å². The van der Waals surface area contributed by atoms with Crippen molar-refractivity contribution in [1.29, 1.82) is 0 Å². The van der Waals surface area contributed by atoms with Crippen molar-refractivity contribution in [3.8, 4) is 11.3 Å². The summed E-state index contributed by atoms with van der Waals surface area (Å²) in [5, 5.41) is 20.0. The first-order chi connectivity index (χ1) is 12.1. The predicted octanol–water partition coefficient (Wildman–Crippen LogP) is 1.93. The van der Waals surface area contributed by atoms with Crippen molar-refractivity contribution in [2.45, 2.75) is 19.6 Å². The number of Topliss-reactive ketones (excluding diaryl/α,β-unsaturated/α-hetero) is 1. The molecule has 0 atom stereocenters. The average molecular weight is 335 g/mol. The second kappa shape index (κ2) is 5.65. The molecule has 0 saturated carbocycles. The van der Waals surface area contributed by atoms with Crippen LogP contribution in [0.25, 0.3) is 22.0 Å². The van der Waals surface area contributed by atoms with Crippen molar-refractivity contribution in [3.63, 3.8) is 0 Å². The van der Waals surface area contributed by atoms with E-state index in [1.54, 1.807) is 19.2 Å². The highest BCUT2D eigenvalue weighted by Gasteiger charge is 2.28. The van der Waals surface area contributed by atoms with E-state index in [0.717, 1.165) is 11.1 Å². The van der Waals surface area contributed by atoms with Gasteiger partial charge in [-0.3, -0.25) is 9.59 Å². The number of ketones is 1. The molecule has 2 N–H and O–H groups in total. The van der Waals surface area contributed by atoms with Crippen molar-refractivity contribution in [1.82, 2.24) is 4.57 Å². The van der Waals surface area contributed by atoms with Gasteiger partial charge >= 0.3 is 0 Å². The number of nitrogens with zero attached hydrogens (tertiary/aromatic N) is 1. The molecule has 1 aliphatic rings. The molecule has 126 valence electrons. The zero-order chi connectivity index (χ0) is 17.7. The summed E-state index contributed by atoms with van der Waals surface area (Å²) in [6.07, 6.45) is 0.284. The van der Waals surface area contributed by atoms with Crippen LogP contribution in [0.4, 0.5) is 0 Å². The van der Waals surface area contributed by atoms with Gasteiger partial charge in [-0.2, -0.15) is 0 Å². The van der Waals surface area contributed by atoms with Crippen molar-refractivity contribution in [3.05, 3.63) is 69.0 Å². The molecule has 1 aliphatic carbocycles. The summed E-state index contributed by atoms with van der Waals surface area (Å²) in [6, 6.07) is 10.8. The van der Waals surface area contributed by atoms with Gasteiger partial charge in [-0.1, -0.05) is 24.3 Å². The molecule has 1 aromatic heterocycles. The molecule has 0 unspecified atom stereocenters. The number of benzene rings is 2. The van der Waals surface area contributed by atoms with Crippen molar-refractivity contribution < 1.29 is 15.0 Å². The Labute approximate surface area is 143 Å². The van der Waals surface area contributed by atoms with Gasteiger partial charge in [0.1, 0.15) is 0 Å². The minimum absolute atomic E-state index is 0.0464. The molecule has 0 amide bonds. The van der Waals surface area contributed by atoms with Gasteiger partial charge < -0.3 is 14.8 Å². The molecule has 0 radical (unpaired) electrons. The maximum Gasteiger partial charge on any atom is 0.258 e. The van der Waals surface area contributed by atoms with E-state index < -0.39 is 0 Å². The van der Waals surface area contributed by atoms with Crippen LogP contribution in [0.1, 0.15) is 27.0 Å². The number of hydrogen-bond acceptors (Lipinski definition) is 4.